The zero-order valence-corrected chi connectivity index (χ0v) is 15.6. The maximum atomic E-state index is 11.9. The van der Waals surface area contributed by atoms with Crippen LogP contribution in [0.5, 0.6) is 0 Å². The third kappa shape index (κ3) is 4.58. The van der Waals surface area contributed by atoms with E-state index < -0.39 is 15.9 Å². The summed E-state index contributed by atoms with van der Waals surface area (Å²) in [5, 5.41) is 5.88. The number of nitrogens with zero attached hydrogens (tertiary/aromatic N) is 3. The summed E-state index contributed by atoms with van der Waals surface area (Å²) < 4.78 is 26.1. The maximum absolute atomic E-state index is 11.9. The van der Waals surface area contributed by atoms with Gasteiger partial charge in [0.15, 0.2) is 0 Å². The summed E-state index contributed by atoms with van der Waals surface area (Å²) in [4.78, 5) is 23.7. The molecule has 144 valence electrons. The van der Waals surface area contributed by atoms with Gasteiger partial charge in [0.25, 0.3) is 0 Å². The second-order valence-corrected chi connectivity index (χ2v) is 7.45. The van der Waals surface area contributed by atoms with Crippen molar-refractivity contribution in [2.75, 3.05) is 17.7 Å². The van der Waals surface area contributed by atoms with Crippen LogP contribution >= 0.6 is 0 Å². The molecular formula is C17H17N7O3S. The van der Waals surface area contributed by atoms with Gasteiger partial charge < -0.3 is 16.4 Å². The van der Waals surface area contributed by atoms with Gasteiger partial charge in [-0.2, -0.15) is 4.98 Å². The minimum absolute atomic E-state index is 0.107. The van der Waals surface area contributed by atoms with E-state index in [-0.39, 0.29) is 16.8 Å². The molecule has 28 heavy (non-hydrogen) atoms. The highest BCUT2D eigenvalue weighted by Crippen LogP contribution is 2.19. The van der Waals surface area contributed by atoms with Crippen molar-refractivity contribution in [2.45, 2.75) is 4.90 Å². The Labute approximate surface area is 161 Å². The average Bonchev–Trinajstić information content (AvgIpc) is 2.68. The molecule has 0 bridgehead atoms. The lowest BCUT2D eigenvalue weighted by Crippen LogP contribution is -2.18. The van der Waals surface area contributed by atoms with Crippen LogP contribution in [0.1, 0.15) is 10.4 Å². The van der Waals surface area contributed by atoms with E-state index in [1.54, 1.807) is 36.4 Å². The van der Waals surface area contributed by atoms with Gasteiger partial charge in [0.2, 0.25) is 27.8 Å². The minimum atomic E-state index is -3.57. The molecule has 0 spiro atoms. The lowest BCUT2D eigenvalue weighted by Gasteiger charge is -2.09. The number of rotatable bonds is 7. The molecule has 0 aliphatic heterocycles. The van der Waals surface area contributed by atoms with Crippen LogP contribution in [0.2, 0.25) is 0 Å². The third-order valence-electron chi connectivity index (χ3n) is 3.64. The number of carbonyl (C=O) groups excluding carboxylic acids is 1. The van der Waals surface area contributed by atoms with E-state index in [1.807, 2.05) is 0 Å². The number of primary amides is 1. The number of hydrogen-bond donors (Lipinski definition) is 4. The monoisotopic (exact) mass is 399 g/mol. The highest BCUT2D eigenvalue weighted by atomic mass is 32.2. The Morgan fingerprint density at radius 2 is 1.57 bits per heavy atom. The minimum Gasteiger partial charge on any atom is -0.366 e. The fourth-order valence-corrected chi connectivity index (χ4v) is 3.06. The van der Waals surface area contributed by atoms with Gasteiger partial charge in [-0.05, 0) is 43.4 Å². The van der Waals surface area contributed by atoms with E-state index in [9.17, 15) is 13.2 Å². The molecule has 3 rings (SSSR count). The number of hydrogen-bond acceptors (Lipinski definition) is 8. The Bertz CT molecular complexity index is 1120. The summed E-state index contributed by atoms with van der Waals surface area (Å²) in [5.41, 5.74) is 6.69. The molecule has 2 aromatic carbocycles. The smallest absolute Gasteiger partial charge is 0.248 e. The van der Waals surface area contributed by atoms with Crippen molar-refractivity contribution in [3.05, 3.63) is 60.4 Å². The second-order valence-electron chi connectivity index (χ2n) is 5.56. The maximum Gasteiger partial charge on any atom is 0.248 e. The van der Waals surface area contributed by atoms with Crippen molar-refractivity contribution in [1.82, 2.24) is 19.7 Å². The van der Waals surface area contributed by atoms with Crippen LogP contribution in [-0.2, 0) is 10.0 Å². The Morgan fingerprint density at radius 1 is 0.964 bits per heavy atom. The normalized spacial score (nSPS) is 11.0. The van der Waals surface area contributed by atoms with Crippen LogP contribution in [0.4, 0.5) is 23.3 Å². The molecule has 0 saturated carbocycles. The van der Waals surface area contributed by atoms with Crippen molar-refractivity contribution in [1.29, 1.82) is 0 Å². The van der Waals surface area contributed by atoms with Crippen molar-refractivity contribution in [3.8, 4) is 0 Å². The number of nitrogens with one attached hydrogen (secondary N) is 3. The average molecular weight is 399 g/mol. The van der Waals surface area contributed by atoms with Gasteiger partial charge in [-0.1, -0.05) is 12.1 Å². The molecular weight excluding hydrogens is 382 g/mol. The zero-order valence-electron chi connectivity index (χ0n) is 14.7. The van der Waals surface area contributed by atoms with Crippen LogP contribution in [0.3, 0.4) is 0 Å². The van der Waals surface area contributed by atoms with E-state index in [2.05, 4.69) is 30.3 Å². The van der Waals surface area contributed by atoms with Gasteiger partial charge in [-0.25, -0.2) is 23.1 Å². The molecule has 0 aliphatic carbocycles. The van der Waals surface area contributed by atoms with Crippen LogP contribution in [-0.4, -0.2) is 36.3 Å². The first-order valence-corrected chi connectivity index (χ1v) is 9.52. The van der Waals surface area contributed by atoms with Gasteiger partial charge >= 0.3 is 0 Å². The highest BCUT2D eigenvalue weighted by molar-refractivity contribution is 7.89. The number of sulfonamides is 1. The van der Waals surface area contributed by atoms with Gasteiger partial charge in [-0.15, -0.1) is 0 Å². The lowest BCUT2D eigenvalue weighted by atomic mass is 10.2. The molecule has 1 heterocycles. The van der Waals surface area contributed by atoms with Gasteiger partial charge in [-0.3, -0.25) is 4.79 Å². The SMILES string of the molecule is CNS(=O)(=O)c1cccc(Nc2ncnc(Nc3cccc(C(N)=O)c3)n2)c1. The Morgan fingerprint density at radius 3 is 2.18 bits per heavy atom. The number of benzene rings is 2. The summed E-state index contributed by atoms with van der Waals surface area (Å²) in [5.74, 6) is -0.0984. The predicted octanol–water partition coefficient (Wildman–Crippen LogP) is 1.37. The fourth-order valence-electron chi connectivity index (χ4n) is 2.28. The molecule has 10 nitrogen and oxygen atoms in total. The number of amides is 1. The van der Waals surface area contributed by atoms with E-state index >= 15 is 0 Å². The molecule has 5 N–H and O–H groups in total. The van der Waals surface area contributed by atoms with Gasteiger partial charge in [0.1, 0.15) is 6.33 Å². The summed E-state index contributed by atoms with van der Waals surface area (Å²) in [6.07, 6.45) is 1.30. The van der Waals surface area contributed by atoms with E-state index in [0.717, 1.165) is 0 Å². The number of carbonyl (C=O) groups is 1. The second kappa shape index (κ2) is 7.98. The Hall–Kier alpha value is -3.57. The van der Waals surface area contributed by atoms with Crippen LogP contribution in [0.15, 0.2) is 59.8 Å². The molecule has 0 fully saturated rings. The third-order valence-corrected chi connectivity index (χ3v) is 5.06. The van der Waals surface area contributed by atoms with Gasteiger partial charge in [0.05, 0.1) is 4.90 Å². The molecule has 1 aromatic heterocycles. The summed E-state index contributed by atoms with van der Waals surface area (Å²) in [7, 11) is -2.23. The van der Waals surface area contributed by atoms with E-state index in [0.29, 0.717) is 16.9 Å². The zero-order chi connectivity index (χ0) is 20.1. The molecule has 0 radical (unpaired) electrons. The van der Waals surface area contributed by atoms with Crippen LogP contribution < -0.4 is 21.1 Å². The van der Waals surface area contributed by atoms with Crippen molar-refractivity contribution < 1.29 is 13.2 Å². The lowest BCUT2D eigenvalue weighted by molar-refractivity contribution is 0.100. The van der Waals surface area contributed by atoms with Gasteiger partial charge in [0, 0.05) is 16.9 Å². The molecule has 0 aliphatic rings. The summed E-state index contributed by atoms with van der Waals surface area (Å²) >= 11 is 0. The number of aromatic nitrogens is 3. The van der Waals surface area contributed by atoms with E-state index in [4.69, 9.17) is 5.73 Å². The number of nitrogens with two attached hydrogens (primary N) is 1. The fraction of sp³-hybridized carbons (Fsp3) is 0.0588. The predicted molar refractivity (Wildman–Crippen MR) is 104 cm³/mol. The van der Waals surface area contributed by atoms with Crippen LogP contribution in [0, 0.1) is 0 Å². The van der Waals surface area contributed by atoms with Crippen molar-refractivity contribution in [3.63, 3.8) is 0 Å². The van der Waals surface area contributed by atoms with Crippen molar-refractivity contribution in [2.24, 2.45) is 5.73 Å². The first kappa shape index (κ1) is 19.2. The number of anilines is 4. The molecule has 3 aromatic rings. The summed E-state index contributed by atoms with van der Waals surface area (Å²) in [6, 6.07) is 12.8. The molecule has 0 saturated heterocycles. The topological polar surface area (TPSA) is 152 Å². The first-order valence-electron chi connectivity index (χ1n) is 8.04. The highest BCUT2D eigenvalue weighted by Gasteiger charge is 2.12. The largest absolute Gasteiger partial charge is 0.366 e. The van der Waals surface area contributed by atoms with Crippen LogP contribution in [0.25, 0.3) is 0 Å². The Balaban J connectivity index is 1.80. The quantitative estimate of drug-likeness (QED) is 0.465. The van der Waals surface area contributed by atoms with Crippen molar-refractivity contribution >= 4 is 39.2 Å². The molecule has 1 amide bonds. The standard InChI is InChI=1S/C17H17N7O3S/c1-19-28(26,27)14-7-3-6-13(9-14)23-17-21-10-20-16(24-17)22-12-5-2-4-11(8-12)15(18)25/h2-10,19H,1H3,(H2,18,25)(H2,20,21,22,23,24). The van der Waals surface area contributed by atoms with E-state index in [1.165, 1.54) is 25.5 Å². The molecule has 11 heteroatoms. The molecule has 0 atom stereocenters. The molecule has 0 unspecified atom stereocenters. The summed E-state index contributed by atoms with van der Waals surface area (Å²) in [6.45, 7) is 0. The first-order chi connectivity index (χ1) is 13.4. The Kier molecular flexibility index (Phi) is 5.47.